The van der Waals surface area contributed by atoms with E-state index in [0.29, 0.717) is 13.1 Å². The summed E-state index contributed by atoms with van der Waals surface area (Å²) in [6.45, 7) is 0.728. The van der Waals surface area contributed by atoms with Crippen LogP contribution < -0.4 is 0 Å². The maximum atomic E-state index is 14.0. The van der Waals surface area contributed by atoms with E-state index in [0.717, 1.165) is 54.6 Å². The molecule has 0 N–H and O–H groups in total. The van der Waals surface area contributed by atoms with Gasteiger partial charge < -0.3 is 9.64 Å². The normalized spacial score (nSPS) is 15.9. The molecule has 1 aliphatic heterocycles. The number of halogens is 1. The summed E-state index contributed by atoms with van der Waals surface area (Å²) in [5.41, 5.74) is -0.515. The third kappa shape index (κ3) is 5.49. The topological polar surface area (TPSA) is 84.0 Å². The van der Waals surface area contributed by atoms with E-state index in [1.54, 1.807) is 4.90 Å². The highest BCUT2D eigenvalue weighted by Crippen LogP contribution is 2.18. The molecule has 0 atom stereocenters. The van der Waals surface area contributed by atoms with Crippen LogP contribution in [0.15, 0.2) is 23.1 Å². The fourth-order valence-corrected chi connectivity index (χ4v) is 3.75. The highest BCUT2D eigenvalue weighted by atomic mass is 32.2. The molecule has 0 bridgehead atoms. The Morgan fingerprint density at radius 3 is 2.30 bits per heavy atom. The first kappa shape index (κ1) is 21.3. The number of hydrogen-bond acceptors (Lipinski definition) is 5. The molecule has 0 spiro atoms. The van der Waals surface area contributed by atoms with Gasteiger partial charge in [0.2, 0.25) is 10.0 Å². The maximum Gasteiger partial charge on any atom is 0.341 e. The molecule has 2 rings (SSSR count). The van der Waals surface area contributed by atoms with Gasteiger partial charge in [-0.1, -0.05) is 19.3 Å². The van der Waals surface area contributed by atoms with Crippen LogP contribution in [0.4, 0.5) is 4.39 Å². The minimum Gasteiger partial charge on any atom is -0.452 e. The SMILES string of the molecule is CN(C)S(=O)(=O)c1ccc(F)c(C(=O)OCC(=O)N2CCCCCCC2)c1. The van der Waals surface area contributed by atoms with Crippen LogP contribution in [0.1, 0.15) is 42.5 Å². The summed E-state index contributed by atoms with van der Waals surface area (Å²) in [6, 6.07) is 2.90. The van der Waals surface area contributed by atoms with Gasteiger partial charge in [0.25, 0.3) is 5.91 Å². The second-order valence-electron chi connectivity index (χ2n) is 6.65. The number of sulfonamides is 1. The minimum absolute atomic E-state index is 0.226. The van der Waals surface area contributed by atoms with Crippen molar-refractivity contribution in [3.05, 3.63) is 29.6 Å². The summed E-state index contributed by atoms with van der Waals surface area (Å²) in [5, 5.41) is 0. The van der Waals surface area contributed by atoms with Crippen molar-refractivity contribution in [2.24, 2.45) is 0 Å². The molecule has 27 heavy (non-hydrogen) atoms. The number of esters is 1. The number of carbonyl (C=O) groups is 2. The van der Waals surface area contributed by atoms with Gasteiger partial charge in [-0.25, -0.2) is 21.9 Å². The van der Waals surface area contributed by atoms with E-state index in [2.05, 4.69) is 0 Å². The standard InChI is InChI=1S/C18H25FN2O5S/c1-20(2)27(24,25)14-8-9-16(19)15(12-14)18(23)26-13-17(22)21-10-6-4-3-5-7-11-21/h8-9,12H,3-7,10-11,13H2,1-2H3. The first-order chi connectivity index (χ1) is 12.7. The van der Waals surface area contributed by atoms with Gasteiger partial charge in [-0.05, 0) is 31.0 Å². The van der Waals surface area contributed by atoms with Crippen LogP contribution in [0.5, 0.6) is 0 Å². The average molecular weight is 400 g/mol. The molecule has 150 valence electrons. The van der Waals surface area contributed by atoms with E-state index in [1.807, 2.05) is 0 Å². The van der Waals surface area contributed by atoms with E-state index < -0.39 is 34.0 Å². The first-order valence-corrected chi connectivity index (χ1v) is 10.3. The molecule has 1 fully saturated rings. The quantitative estimate of drug-likeness (QED) is 0.706. The molecule has 9 heteroatoms. The molecule has 1 heterocycles. The third-order valence-electron chi connectivity index (χ3n) is 4.47. The van der Waals surface area contributed by atoms with Crippen molar-refractivity contribution in [2.75, 3.05) is 33.8 Å². The van der Waals surface area contributed by atoms with E-state index >= 15 is 0 Å². The van der Waals surface area contributed by atoms with Crippen molar-refractivity contribution in [1.29, 1.82) is 0 Å². The Morgan fingerprint density at radius 2 is 1.70 bits per heavy atom. The zero-order valence-corrected chi connectivity index (χ0v) is 16.4. The van der Waals surface area contributed by atoms with Crippen LogP contribution in [-0.2, 0) is 19.6 Å². The molecule has 0 aliphatic carbocycles. The second-order valence-corrected chi connectivity index (χ2v) is 8.81. The van der Waals surface area contributed by atoms with Gasteiger partial charge >= 0.3 is 5.97 Å². The second kappa shape index (κ2) is 9.27. The Hall–Kier alpha value is -2.00. The third-order valence-corrected chi connectivity index (χ3v) is 6.28. The Bertz CT molecular complexity index is 787. The summed E-state index contributed by atoms with van der Waals surface area (Å²) in [7, 11) is -1.16. The fraction of sp³-hybridized carbons (Fsp3) is 0.556. The van der Waals surface area contributed by atoms with Gasteiger partial charge in [0.15, 0.2) is 6.61 Å². The smallest absolute Gasteiger partial charge is 0.341 e. The van der Waals surface area contributed by atoms with Crippen LogP contribution in [0.3, 0.4) is 0 Å². The molecule has 1 aliphatic rings. The predicted molar refractivity (Wildman–Crippen MR) is 97.2 cm³/mol. The van der Waals surface area contributed by atoms with Gasteiger partial charge in [-0.3, -0.25) is 4.79 Å². The number of rotatable bonds is 5. The zero-order chi connectivity index (χ0) is 20.0. The molecule has 1 aromatic rings. The van der Waals surface area contributed by atoms with E-state index in [-0.39, 0.29) is 10.8 Å². The van der Waals surface area contributed by atoms with Crippen LogP contribution in [0.25, 0.3) is 0 Å². The lowest BCUT2D eigenvalue weighted by atomic mass is 10.1. The van der Waals surface area contributed by atoms with Crippen molar-refractivity contribution < 1.29 is 27.1 Å². The lowest BCUT2D eigenvalue weighted by Crippen LogP contribution is -2.37. The summed E-state index contributed by atoms with van der Waals surface area (Å²) in [5.74, 6) is -2.30. The molecule has 1 aromatic carbocycles. The van der Waals surface area contributed by atoms with Crippen LogP contribution in [0.2, 0.25) is 0 Å². The average Bonchev–Trinajstić information content (AvgIpc) is 2.59. The number of amides is 1. The number of carbonyl (C=O) groups excluding carboxylic acids is 2. The highest BCUT2D eigenvalue weighted by Gasteiger charge is 2.23. The van der Waals surface area contributed by atoms with E-state index in [9.17, 15) is 22.4 Å². The Labute approximate surface area is 159 Å². The molecule has 0 radical (unpaired) electrons. The van der Waals surface area contributed by atoms with Gasteiger partial charge in [0.1, 0.15) is 5.82 Å². The van der Waals surface area contributed by atoms with Crippen molar-refractivity contribution in [3.8, 4) is 0 Å². The summed E-state index contributed by atoms with van der Waals surface area (Å²) in [4.78, 5) is 25.9. The fourth-order valence-electron chi connectivity index (χ4n) is 2.83. The summed E-state index contributed by atoms with van der Waals surface area (Å²) < 4.78 is 44.2. The van der Waals surface area contributed by atoms with E-state index in [4.69, 9.17) is 4.74 Å². The Morgan fingerprint density at radius 1 is 1.11 bits per heavy atom. The largest absolute Gasteiger partial charge is 0.452 e. The number of likely N-dealkylation sites (tertiary alicyclic amines) is 1. The maximum absolute atomic E-state index is 14.0. The van der Waals surface area contributed by atoms with Gasteiger partial charge in [0.05, 0.1) is 10.5 Å². The molecule has 0 saturated carbocycles. The predicted octanol–water partition coefficient (Wildman–Crippen LogP) is 2.03. The highest BCUT2D eigenvalue weighted by molar-refractivity contribution is 7.89. The molecular formula is C18H25FN2O5S. The van der Waals surface area contributed by atoms with Crippen molar-refractivity contribution in [1.82, 2.24) is 9.21 Å². The Balaban J connectivity index is 2.06. The van der Waals surface area contributed by atoms with Gasteiger partial charge in [-0.15, -0.1) is 0 Å². The number of hydrogen-bond donors (Lipinski definition) is 0. The Kier molecular flexibility index (Phi) is 7.32. The summed E-state index contributed by atoms with van der Waals surface area (Å²) >= 11 is 0. The zero-order valence-electron chi connectivity index (χ0n) is 15.6. The molecule has 0 aromatic heterocycles. The molecule has 0 unspecified atom stereocenters. The van der Waals surface area contributed by atoms with Crippen molar-refractivity contribution in [2.45, 2.75) is 37.0 Å². The number of ether oxygens (including phenoxy) is 1. The van der Waals surface area contributed by atoms with Gasteiger partial charge in [-0.2, -0.15) is 0 Å². The number of benzene rings is 1. The van der Waals surface area contributed by atoms with E-state index in [1.165, 1.54) is 14.1 Å². The lowest BCUT2D eigenvalue weighted by molar-refractivity contribution is -0.134. The molecule has 7 nitrogen and oxygen atoms in total. The van der Waals surface area contributed by atoms with Crippen molar-refractivity contribution >= 4 is 21.9 Å². The molecular weight excluding hydrogens is 375 g/mol. The summed E-state index contributed by atoms with van der Waals surface area (Å²) in [6.07, 6.45) is 5.07. The number of nitrogens with zero attached hydrogens (tertiary/aromatic N) is 2. The monoisotopic (exact) mass is 400 g/mol. The lowest BCUT2D eigenvalue weighted by Gasteiger charge is -2.24. The minimum atomic E-state index is -3.82. The van der Waals surface area contributed by atoms with Crippen LogP contribution in [-0.4, -0.2) is 63.3 Å². The molecule has 1 saturated heterocycles. The van der Waals surface area contributed by atoms with Gasteiger partial charge in [0, 0.05) is 27.2 Å². The van der Waals surface area contributed by atoms with Crippen LogP contribution in [0, 0.1) is 5.82 Å². The van der Waals surface area contributed by atoms with Crippen molar-refractivity contribution in [3.63, 3.8) is 0 Å². The first-order valence-electron chi connectivity index (χ1n) is 8.90. The molecule has 1 amide bonds. The van der Waals surface area contributed by atoms with Crippen LogP contribution >= 0.6 is 0 Å².